The van der Waals surface area contributed by atoms with Crippen LogP contribution in [0.1, 0.15) is 44.4 Å². The third-order valence-electron chi connectivity index (χ3n) is 3.61. The predicted octanol–water partition coefficient (Wildman–Crippen LogP) is 3.33. The van der Waals surface area contributed by atoms with E-state index in [-0.39, 0.29) is 0 Å². The van der Waals surface area contributed by atoms with E-state index in [4.69, 9.17) is 9.47 Å². The molecule has 0 aromatic heterocycles. The molecule has 1 aromatic rings. The van der Waals surface area contributed by atoms with Crippen molar-refractivity contribution in [2.45, 2.75) is 39.7 Å². The Kier molecular flexibility index (Phi) is 5.86. The van der Waals surface area contributed by atoms with Crippen molar-refractivity contribution in [3.8, 4) is 5.75 Å². The van der Waals surface area contributed by atoms with Crippen molar-refractivity contribution in [3.05, 3.63) is 29.3 Å². The van der Waals surface area contributed by atoms with Gasteiger partial charge in [-0.3, -0.25) is 0 Å². The van der Waals surface area contributed by atoms with Gasteiger partial charge in [0.05, 0.1) is 13.2 Å². The van der Waals surface area contributed by atoms with Gasteiger partial charge in [0, 0.05) is 25.6 Å². The molecule has 2 rings (SSSR count). The second kappa shape index (κ2) is 7.65. The minimum Gasteiger partial charge on any atom is -0.493 e. The van der Waals surface area contributed by atoms with E-state index < -0.39 is 0 Å². The maximum atomic E-state index is 5.62. The molecule has 1 aliphatic heterocycles. The summed E-state index contributed by atoms with van der Waals surface area (Å²) in [4.78, 5) is 0. The summed E-state index contributed by atoms with van der Waals surface area (Å²) in [6, 6.07) is 6.99. The zero-order chi connectivity index (χ0) is 14.4. The van der Waals surface area contributed by atoms with E-state index in [0.717, 1.165) is 45.0 Å². The Bertz CT molecular complexity index is 417. The lowest BCUT2D eigenvalue weighted by Crippen LogP contribution is -2.25. The Morgan fingerprint density at radius 1 is 1.35 bits per heavy atom. The largest absolute Gasteiger partial charge is 0.493 e. The van der Waals surface area contributed by atoms with Gasteiger partial charge in [-0.2, -0.15) is 0 Å². The molecule has 0 fully saturated rings. The van der Waals surface area contributed by atoms with Crippen molar-refractivity contribution < 1.29 is 9.47 Å². The van der Waals surface area contributed by atoms with Gasteiger partial charge < -0.3 is 14.8 Å². The molecule has 3 nitrogen and oxygen atoms in total. The fourth-order valence-corrected chi connectivity index (χ4v) is 2.55. The fourth-order valence-electron chi connectivity index (χ4n) is 2.55. The standard InChI is InChI=1S/C17H27NO2/c1-4-16(18-8-10-19-12-13(2)3)14-5-6-17-15(11-14)7-9-20-17/h5-6,11,13,16,18H,4,7-10,12H2,1-3H3. The zero-order valence-electron chi connectivity index (χ0n) is 12.9. The van der Waals surface area contributed by atoms with Gasteiger partial charge in [0.15, 0.2) is 0 Å². The second-order valence-corrected chi connectivity index (χ2v) is 5.85. The normalized spacial score (nSPS) is 15.2. The molecule has 0 amide bonds. The van der Waals surface area contributed by atoms with Crippen molar-refractivity contribution in [1.29, 1.82) is 0 Å². The second-order valence-electron chi connectivity index (χ2n) is 5.85. The van der Waals surface area contributed by atoms with E-state index in [1.807, 2.05) is 0 Å². The maximum Gasteiger partial charge on any atom is 0.122 e. The lowest BCUT2D eigenvalue weighted by molar-refractivity contribution is 0.110. The molecule has 0 spiro atoms. The van der Waals surface area contributed by atoms with Gasteiger partial charge in [-0.05, 0) is 29.5 Å². The molecule has 1 atom stereocenters. The first-order valence-corrected chi connectivity index (χ1v) is 7.77. The van der Waals surface area contributed by atoms with E-state index in [1.54, 1.807) is 0 Å². The van der Waals surface area contributed by atoms with Crippen LogP contribution in [0.3, 0.4) is 0 Å². The highest BCUT2D eigenvalue weighted by atomic mass is 16.5. The summed E-state index contributed by atoms with van der Waals surface area (Å²) < 4.78 is 11.2. The number of hydrogen-bond acceptors (Lipinski definition) is 3. The Morgan fingerprint density at radius 2 is 2.20 bits per heavy atom. The van der Waals surface area contributed by atoms with Crippen LogP contribution < -0.4 is 10.1 Å². The summed E-state index contributed by atoms with van der Waals surface area (Å²) in [7, 11) is 0. The molecule has 0 radical (unpaired) electrons. The molecule has 0 saturated heterocycles. The molecule has 1 heterocycles. The quantitative estimate of drug-likeness (QED) is 0.739. The number of hydrogen-bond donors (Lipinski definition) is 1. The van der Waals surface area contributed by atoms with Crippen molar-refractivity contribution in [3.63, 3.8) is 0 Å². The monoisotopic (exact) mass is 277 g/mol. The minimum absolute atomic E-state index is 0.406. The highest BCUT2D eigenvalue weighted by Crippen LogP contribution is 2.28. The fraction of sp³-hybridized carbons (Fsp3) is 0.647. The van der Waals surface area contributed by atoms with Crippen molar-refractivity contribution in [2.75, 3.05) is 26.4 Å². The van der Waals surface area contributed by atoms with Crippen LogP contribution in [-0.2, 0) is 11.2 Å². The highest BCUT2D eigenvalue weighted by Gasteiger charge is 2.15. The van der Waals surface area contributed by atoms with Crippen molar-refractivity contribution in [2.24, 2.45) is 5.92 Å². The first-order valence-electron chi connectivity index (χ1n) is 7.77. The van der Waals surface area contributed by atoms with E-state index in [1.165, 1.54) is 11.1 Å². The Morgan fingerprint density at radius 3 is 2.95 bits per heavy atom. The van der Waals surface area contributed by atoms with E-state index >= 15 is 0 Å². The van der Waals surface area contributed by atoms with E-state index in [9.17, 15) is 0 Å². The molecular formula is C17H27NO2. The van der Waals surface area contributed by atoms with Crippen LogP contribution in [0.4, 0.5) is 0 Å². The lowest BCUT2D eigenvalue weighted by atomic mass is 10.0. The molecular weight excluding hydrogens is 250 g/mol. The first kappa shape index (κ1) is 15.3. The van der Waals surface area contributed by atoms with Crippen molar-refractivity contribution in [1.82, 2.24) is 5.32 Å². The van der Waals surface area contributed by atoms with Crippen LogP contribution in [0.2, 0.25) is 0 Å². The number of nitrogens with one attached hydrogen (secondary N) is 1. The lowest BCUT2D eigenvalue weighted by Gasteiger charge is -2.18. The Labute approximate surface area is 122 Å². The minimum atomic E-state index is 0.406. The molecule has 0 saturated carbocycles. The van der Waals surface area contributed by atoms with Gasteiger partial charge in [-0.1, -0.05) is 32.9 Å². The molecule has 1 aromatic carbocycles. The molecule has 3 heteroatoms. The third kappa shape index (κ3) is 4.22. The van der Waals surface area contributed by atoms with Crippen LogP contribution in [0, 0.1) is 5.92 Å². The topological polar surface area (TPSA) is 30.5 Å². The van der Waals surface area contributed by atoms with Crippen LogP contribution in [-0.4, -0.2) is 26.4 Å². The Hall–Kier alpha value is -1.06. The summed E-state index contributed by atoms with van der Waals surface area (Å²) in [6.45, 7) is 9.92. The summed E-state index contributed by atoms with van der Waals surface area (Å²) in [6.07, 6.45) is 2.13. The van der Waals surface area contributed by atoms with E-state index in [0.29, 0.717) is 12.0 Å². The van der Waals surface area contributed by atoms with Crippen molar-refractivity contribution >= 4 is 0 Å². The van der Waals surface area contributed by atoms with Gasteiger partial charge >= 0.3 is 0 Å². The molecule has 0 bridgehead atoms. The first-order chi connectivity index (χ1) is 9.70. The average molecular weight is 277 g/mol. The highest BCUT2D eigenvalue weighted by molar-refractivity contribution is 5.40. The number of benzene rings is 1. The van der Waals surface area contributed by atoms with Crippen LogP contribution in [0.25, 0.3) is 0 Å². The molecule has 1 N–H and O–H groups in total. The van der Waals surface area contributed by atoms with Gasteiger partial charge in [0.1, 0.15) is 5.75 Å². The van der Waals surface area contributed by atoms with Gasteiger partial charge in [-0.15, -0.1) is 0 Å². The van der Waals surface area contributed by atoms with Gasteiger partial charge in [0.25, 0.3) is 0 Å². The molecule has 20 heavy (non-hydrogen) atoms. The summed E-state index contributed by atoms with van der Waals surface area (Å²) in [5.41, 5.74) is 2.71. The zero-order valence-corrected chi connectivity index (χ0v) is 12.9. The van der Waals surface area contributed by atoms with Gasteiger partial charge in [0.2, 0.25) is 0 Å². The van der Waals surface area contributed by atoms with Crippen LogP contribution >= 0.6 is 0 Å². The van der Waals surface area contributed by atoms with Gasteiger partial charge in [-0.25, -0.2) is 0 Å². The summed E-state index contributed by atoms with van der Waals surface area (Å²) in [5.74, 6) is 1.66. The molecule has 0 aliphatic carbocycles. The SMILES string of the molecule is CCC(NCCOCC(C)C)c1ccc2c(c1)CCO2. The van der Waals surface area contributed by atoms with E-state index in [2.05, 4.69) is 44.3 Å². The number of fused-ring (bicyclic) bond motifs is 1. The molecule has 112 valence electrons. The predicted molar refractivity (Wildman–Crippen MR) is 82.3 cm³/mol. The molecule has 1 unspecified atom stereocenters. The number of rotatable bonds is 8. The smallest absolute Gasteiger partial charge is 0.122 e. The number of ether oxygens (including phenoxy) is 2. The molecule has 1 aliphatic rings. The summed E-state index contributed by atoms with van der Waals surface area (Å²) in [5, 5.41) is 3.58. The van der Waals surface area contributed by atoms with Crippen LogP contribution in [0.15, 0.2) is 18.2 Å². The summed E-state index contributed by atoms with van der Waals surface area (Å²) >= 11 is 0. The Balaban J connectivity index is 1.82. The average Bonchev–Trinajstić information content (AvgIpc) is 2.89. The third-order valence-corrected chi connectivity index (χ3v) is 3.61. The van der Waals surface area contributed by atoms with Crippen LogP contribution in [0.5, 0.6) is 5.75 Å². The maximum absolute atomic E-state index is 5.62.